The van der Waals surface area contributed by atoms with Crippen molar-refractivity contribution in [2.24, 2.45) is 0 Å². The Morgan fingerprint density at radius 1 is 1.19 bits per heavy atom. The summed E-state index contributed by atoms with van der Waals surface area (Å²) in [7, 11) is 0. The summed E-state index contributed by atoms with van der Waals surface area (Å²) in [5.41, 5.74) is 1.66. The average molecular weight is 348 g/mol. The second-order valence-corrected chi connectivity index (χ2v) is 5.61. The van der Waals surface area contributed by atoms with Crippen LogP contribution in [-0.4, -0.2) is 24.0 Å². The second kappa shape index (κ2) is 7.90. The van der Waals surface area contributed by atoms with Gasteiger partial charge in [-0.3, -0.25) is 9.78 Å². The van der Waals surface area contributed by atoms with Gasteiger partial charge in [0.1, 0.15) is 0 Å². The van der Waals surface area contributed by atoms with Gasteiger partial charge >= 0.3 is 0 Å². The molecule has 0 spiro atoms. The van der Waals surface area contributed by atoms with Gasteiger partial charge in [0.2, 0.25) is 0 Å². The molecule has 4 nitrogen and oxygen atoms in total. The molecule has 1 atom stereocenters. The maximum Gasteiger partial charge on any atom is 0.251 e. The van der Waals surface area contributed by atoms with Gasteiger partial charge < -0.3 is 10.6 Å². The minimum Gasteiger partial charge on any atom is -0.351 e. The van der Waals surface area contributed by atoms with Crippen LogP contribution in [-0.2, 0) is 0 Å². The molecule has 1 heterocycles. The third-order valence-corrected chi connectivity index (χ3v) is 3.63. The molecular weight excluding hydrogens is 330 g/mol. The number of pyridine rings is 1. The fourth-order valence-corrected chi connectivity index (χ4v) is 2.17. The molecule has 110 valence electrons. The van der Waals surface area contributed by atoms with Gasteiger partial charge in [0, 0.05) is 35.4 Å². The minimum atomic E-state index is -0.0604. The maximum absolute atomic E-state index is 11.9. The molecule has 0 unspecified atom stereocenters. The number of aromatic nitrogens is 1. The highest BCUT2D eigenvalue weighted by atomic mass is 79.9. The third-order valence-electron chi connectivity index (χ3n) is 3.10. The molecule has 0 radical (unpaired) electrons. The summed E-state index contributed by atoms with van der Waals surface area (Å²) in [6, 6.07) is 13.3. The van der Waals surface area contributed by atoms with Crippen LogP contribution in [0.2, 0.25) is 0 Å². The van der Waals surface area contributed by atoms with Gasteiger partial charge in [-0.1, -0.05) is 22.0 Å². The van der Waals surface area contributed by atoms with E-state index in [9.17, 15) is 4.79 Å². The molecular formula is C16H18BrN3O. The van der Waals surface area contributed by atoms with Crippen LogP contribution in [0.3, 0.4) is 0 Å². The van der Waals surface area contributed by atoms with Gasteiger partial charge in [-0.15, -0.1) is 0 Å². The van der Waals surface area contributed by atoms with E-state index in [0.29, 0.717) is 18.7 Å². The van der Waals surface area contributed by atoms with Crippen molar-refractivity contribution in [1.82, 2.24) is 15.6 Å². The van der Waals surface area contributed by atoms with Crippen molar-refractivity contribution in [3.63, 3.8) is 0 Å². The highest BCUT2D eigenvalue weighted by molar-refractivity contribution is 9.10. The van der Waals surface area contributed by atoms with E-state index >= 15 is 0 Å². The number of amides is 1. The lowest BCUT2D eigenvalue weighted by atomic mass is 10.2. The summed E-state index contributed by atoms with van der Waals surface area (Å²) in [5.74, 6) is -0.0604. The summed E-state index contributed by atoms with van der Waals surface area (Å²) in [6.07, 6.45) is 1.78. The number of hydrogen-bond donors (Lipinski definition) is 2. The van der Waals surface area contributed by atoms with E-state index in [1.807, 2.05) is 30.3 Å². The Morgan fingerprint density at radius 2 is 1.95 bits per heavy atom. The number of carbonyl (C=O) groups is 1. The van der Waals surface area contributed by atoms with Crippen molar-refractivity contribution in [2.75, 3.05) is 13.1 Å². The van der Waals surface area contributed by atoms with Crippen molar-refractivity contribution in [3.8, 4) is 0 Å². The molecule has 21 heavy (non-hydrogen) atoms. The van der Waals surface area contributed by atoms with E-state index in [1.165, 1.54) is 0 Å². The van der Waals surface area contributed by atoms with Gasteiger partial charge in [-0.2, -0.15) is 0 Å². The molecule has 2 N–H and O–H groups in total. The average Bonchev–Trinajstić information content (AvgIpc) is 2.52. The number of rotatable bonds is 6. The van der Waals surface area contributed by atoms with Crippen LogP contribution in [0.1, 0.15) is 29.0 Å². The molecule has 0 saturated carbocycles. The fraction of sp³-hybridized carbons (Fsp3) is 0.250. The molecule has 0 aliphatic heterocycles. The van der Waals surface area contributed by atoms with Crippen molar-refractivity contribution in [1.29, 1.82) is 0 Å². The zero-order valence-electron chi connectivity index (χ0n) is 11.8. The summed E-state index contributed by atoms with van der Waals surface area (Å²) < 4.78 is 0.963. The van der Waals surface area contributed by atoms with E-state index in [-0.39, 0.29) is 11.9 Å². The van der Waals surface area contributed by atoms with Gasteiger partial charge in [0.05, 0.1) is 5.69 Å². The Labute approximate surface area is 133 Å². The first kappa shape index (κ1) is 15.7. The fourth-order valence-electron chi connectivity index (χ4n) is 1.90. The number of nitrogens with one attached hydrogen (secondary N) is 2. The number of nitrogens with zero attached hydrogens (tertiary/aromatic N) is 1. The first-order valence-electron chi connectivity index (χ1n) is 6.85. The Morgan fingerprint density at radius 3 is 2.62 bits per heavy atom. The smallest absolute Gasteiger partial charge is 0.251 e. The van der Waals surface area contributed by atoms with Gasteiger partial charge in [0.25, 0.3) is 5.91 Å². The lowest BCUT2D eigenvalue weighted by Crippen LogP contribution is -2.33. The molecule has 1 amide bonds. The minimum absolute atomic E-state index is 0.0604. The summed E-state index contributed by atoms with van der Waals surface area (Å²) in [6.45, 7) is 3.32. The van der Waals surface area contributed by atoms with Crippen molar-refractivity contribution >= 4 is 21.8 Å². The first-order valence-corrected chi connectivity index (χ1v) is 7.64. The first-order chi connectivity index (χ1) is 10.2. The monoisotopic (exact) mass is 347 g/mol. The number of carbonyl (C=O) groups excluding carboxylic acids is 1. The largest absolute Gasteiger partial charge is 0.351 e. The topological polar surface area (TPSA) is 54.0 Å². The molecule has 0 fully saturated rings. The van der Waals surface area contributed by atoms with Crippen LogP contribution < -0.4 is 10.6 Å². The Bertz CT molecular complexity index is 572. The van der Waals surface area contributed by atoms with E-state index in [4.69, 9.17) is 0 Å². The summed E-state index contributed by atoms with van der Waals surface area (Å²) in [5, 5.41) is 6.22. The normalized spacial score (nSPS) is 11.9. The molecule has 0 aliphatic carbocycles. The molecule has 0 aliphatic rings. The van der Waals surface area contributed by atoms with Gasteiger partial charge in [-0.25, -0.2) is 0 Å². The lowest BCUT2D eigenvalue weighted by molar-refractivity contribution is 0.0953. The van der Waals surface area contributed by atoms with Crippen molar-refractivity contribution in [2.45, 2.75) is 13.0 Å². The third kappa shape index (κ3) is 4.95. The summed E-state index contributed by atoms with van der Waals surface area (Å²) in [4.78, 5) is 16.2. The molecule has 0 saturated heterocycles. The van der Waals surface area contributed by atoms with E-state index in [2.05, 4.69) is 38.5 Å². The van der Waals surface area contributed by atoms with Gasteiger partial charge in [-0.05, 0) is 43.3 Å². The second-order valence-electron chi connectivity index (χ2n) is 4.69. The predicted octanol–water partition coefficient (Wildman–Crippen LogP) is 2.92. The highest BCUT2D eigenvalue weighted by Gasteiger charge is 2.06. The Kier molecular flexibility index (Phi) is 5.90. The van der Waals surface area contributed by atoms with E-state index in [0.717, 1.165) is 10.2 Å². The Balaban J connectivity index is 1.72. The highest BCUT2D eigenvalue weighted by Crippen LogP contribution is 2.10. The van der Waals surface area contributed by atoms with Crippen LogP contribution in [0.4, 0.5) is 0 Å². The number of halogens is 1. The summed E-state index contributed by atoms with van der Waals surface area (Å²) >= 11 is 3.35. The van der Waals surface area contributed by atoms with Crippen LogP contribution >= 0.6 is 15.9 Å². The van der Waals surface area contributed by atoms with E-state index in [1.54, 1.807) is 18.3 Å². The molecule has 0 bridgehead atoms. The molecule has 2 aromatic rings. The van der Waals surface area contributed by atoms with Gasteiger partial charge in [0.15, 0.2) is 0 Å². The van der Waals surface area contributed by atoms with Crippen molar-refractivity contribution < 1.29 is 4.79 Å². The predicted molar refractivity (Wildman–Crippen MR) is 87.1 cm³/mol. The van der Waals surface area contributed by atoms with Crippen LogP contribution in [0.5, 0.6) is 0 Å². The lowest BCUT2D eigenvalue weighted by Gasteiger charge is -2.13. The van der Waals surface area contributed by atoms with Crippen LogP contribution in [0.15, 0.2) is 53.1 Å². The quantitative estimate of drug-likeness (QED) is 0.790. The molecule has 1 aromatic heterocycles. The zero-order valence-corrected chi connectivity index (χ0v) is 13.4. The standard InChI is InChI=1S/C16H18BrN3O/c1-12(15-4-2-3-9-19-15)18-10-11-20-16(21)13-5-7-14(17)8-6-13/h2-9,12,18H,10-11H2,1H3,(H,20,21)/t12-/m0/s1. The van der Waals surface area contributed by atoms with Crippen LogP contribution in [0, 0.1) is 0 Å². The number of benzene rings is 1. The zero-order chi connectivity index (χ0) is 15.1. The SMILES string of the molecule is C[C@H](NCCNC(=O)c1ccc(Br)cc1)c1ccccn1. The number of hydrogen-bond acceptors (Lipinski definition) is 3. The van der Waals surface area contributed by atoms with Crippen molar-refractivity contribution in [3.05, 3.63) is 64.4 Å². The Hall–Kier alpha value is -1.72. The maximum atomic E-state index is 11.9. The van der Waals surface area contributed by atoms with E-state index < -0.39 is 0 Å². The molecule has 5 heteroatoms. The molecule has 1 aromatic carbocycles. The molecule has 2 rings (SSSR count). The van der Waals surface area contributed by atoms with Crippen LogP contribution in [0.25, 0.3) is 0 Å².